The van der Waals surface area contributed by atoms with E-state index in [0.29, 0.717) is 28.3 Å². The summed E-state index contributed by atoms with van der Waals surface area (Å²) in [5.41, 5.74) is 0.742. The summed E-state index contributed by atoms with van der Waals surface area (Å²) >= 11 is 5.79. The molecule has 0 atom stereocenters. The number of rotatable bonds is 3. The Morgan fingerprint density at radius 3 is 2.58 bits per heavy atom. The molecule has 0 spiro atoms. The highest BCUT2D eigenvalue weighted by molar-refractivity contribution is 6.33. The number of ether oxygens (including phenoxy) is 1. The lowest BCUT2D eigenvalue weighted by Gasteiger charge is -2.07. The van der Waals surface area contributed by atoms with Gasteiger partial charge in [-0.15, -0.1) is 0 Å². The fourth-order valence-corrected chi connectivity index (χ4v) is 1.61. The van der Waals surface area contributed by atoms with Crippen molar-refractivity contribution in [2.24, 2.45) is 0 Å². The molecule has 2 aromatic rings. The summed E-state index contributed by atoms with van der Waals surface area (Å²) in [4.78, 5) is 22.3. The Bertz CT molecular complexity index is 599. The molecule has 0 fully saturated rings. The van der Waals surface area contributed by atoms with Crippen LogP contribution in [0.5, 0.6) is 5.75 Å². The number of benzene rings is 2. The highest BCUT2D eigenvalue weighted by Crippen LogP contribution is 2.19. The van der Waals surface area contributed by atoms with E-state index in [4.69, 9.17) is 16.3 Å². The van der Waals surface area contributed by atoms with Crippen LogP contribution in [0.15, 0.2) is 48.5 Å². The molecule has 0 aromatic heterocycles. The molecule has 1 N–H and O–H groups in total. The van der Waals surface area contributed by atoms with E-state index in [-0.39, 0.29) is 0 Å². The molecule has 96 valence electrons. The first kappa shape index (κ1) is 13.1. The van der Waals surface area contributed by atoms with E-state index in [1.54, 1.807) is 30.3 Å². The number of hydrogen-bond acceptors (Lipinski definition) is 3. The lowest BCUT2D eigenvalue weighted by molar-refractivity contribution is 0.112. The minimum absolute atomic E-state index is 0.305. The molecule has 0 saturated carbocycles. The minimum Gasteiger partial charge on any atom is -0.410 e. The molecule has 2 rings (SSSR count). The first-order valence-corrected chi connectivity index (χ1v) is 5.85. The maximum Gasteiger partial charge on any atom is 0.417 e. The van der Waals surface area contributed by atoms with Gasteiger partial charge in [0.05, 0.1) is 5.02 Å². The number of amides is 1. The Morgan fingerprint density at radius 2 is 1.89 bits per heavy atom. The average molecular weight is 276 g/mol. The number of carbonyl (C=O) groups is 2. The third-order valence-corrected chi connectivity index (χ3v) is 2.67. The van der Waals surface area contributed by atoms with Crippen molar-refractivity contribution >= 4 is 29.7 Å². The first-order chi connectivity index (χ1) is 9.19. The smallest absolute Gasteiger partial charge is 0.410 e. The van der Waals surface area contributed by atoms with E-state index in [2.05, 4.69) is 5.32 Å². The van der Waals surface area contributed by atoms with Crippen molar-refractivity contribution in [3.05, 3.63) is 59.1 Å². The van der Waals surface area contributed by atoms with E-state index in [1.165, 1.54) is 12.1 Å². The van der Waals surface area contributed by atoms with Crippen LogP contribution in [0, 0.1) is 0 Å². The Balaban J connectivity index is 2.05. The quantitative estimate of drug-likeness (QED) is 0.868. The third-order valence-electron chi connectivity index (χ3n) is 2.32. The highest BCUT2D eigenvalue weighted by atomic mass is 35.5. The Hall–Kier alpha value is -2.33. The number of nitrogens with one attached hydrogen (secondary N) is 1. The van der Waals surface area contributed by atoms with Crippen LogP contribution in [-0.4, -0.2) is 12.4 Å². The van der Waals surface area contributed by atoms with Gasteiger partial charge in [-0.1, -0.05) is 29.8 Å². The van der Waals surface area contributed by atoms with E-state index in [0.717, 1.165) is 0 Å². The molecule has 0 bridgehead atoms. The summed E-state index contributed by atoms with van der Waals surface area (Å²) in [7, 11) is 0. The van der Waals surface area contributed by atoms with E-state index >= 15 is 0 Å². The van der Waals surface area contributed by atoms with Crippen LogP contribution in [0.1, 0.15) is 10.4 Å². The number of carbonyl (C=O) groups excluding carboxylic acids is 2. The van der Waals surface area contributed by atoms with Crippen LogP contribution in [0.4, 0.5) is 10.5 Å². The van der Waals surface area contributed by atoms with Gasteiger partial charge in [0.1, 0.15) is 5.75 Å². The van der Waals surface area contributed by atoms with Crippen molar-refractivity contribution in [2.45, 2.75) is 0 Å². The van der Waals surface area contributed by atoms with Gasteiger partial charge >= 0.3 is 6.09 Å². The summed E-state index contributed by atoms with van der Waals surface area (Å²) in [6.45, 7) is 0. The van der Waals surface area contributed by atoms with E-state index < -0.39 is 6.09 Å². The molecule has 0 aliphatic carbocycles. The number of aldehydes is 1. The largest absolute Gasteiger partial charge is 0.417 e. The van der Waals surface area contributed by atoms with Crippen LogP contribution < -0.4 is 10.1 Å². The average Bonchev–Trinajstić information content (AvgIpc) is 2.42. The van der Waals surface area contributed by atoms with Gasteiger partial charge in [0.2, 0.25) is 0 Å². The van der Waals surface area contributed by atoms with Crippen LogP contribution in [0.25, 0.3) is 0 Å². The van der Waals surface area contributed by atoms with Gasteiger partial charge in [0.25, 0.3) is 0 Å². The molecule has 1 amide bonds. The van der Waals surface area contributed by atoms with Crippen molar-refractivity contribution in [1.82, 2.24) is 0 Å². The van der Waals surface area contributed by atoms with Crippen molar-refractivity contribution in [3.63, 3.8) is 0 Å². The number of halogens is 1. The van der Waals surface area contributed by atoms with Crippen molar-refractivity contribution in [3.8, 4) is 5.75 Å². The molecule has 0 heterocycles. The lowest BCUT2D eigenvalue weighted by Crippen LogP contribution is -2.16. The van der Waals surface area contributed by atoms with Gasteiger partial charge in [0, 0.05) is 11.3 Å². The maximum absolute atomic E-state index is 11.6. The zero-order chi connectivity index (χ0) is 13.7. The second kappa shape index (κ2) is 6.02. The minimum atomic E-state index is -0.634. The van der Waals surface area contributed by atoms with Gasteiger partial charge in [-0.3, -0.25) is 10.1 Å². The Labute approximate surface area is 115 Å². The van der Waals surface area contributed by atoms with Gasteiger partial charge in [-0.25, -0.2) is 4.79 Å². The predicted octanol–water partition coefficient (Wildman–Crippen LogP) is 3.76. The fraction of sp³-hybridized carbons (Fsp3) is 0. The summed E-state index contributed by atoms with van der Waals surface area (Å²) in [6, 6.07) is 13.3. The number of para-hydroxylation sites is 1. The summed E-state index contributed by atoms with van der Waals surface area (Å²) in [5, 5.41) is 2.84. The molecular formula is C14H10ClNO3. The number of hydrogen-bond donors (Lipinski definition) is 1. The molecule has 0 saturated heterocycles. The predicted molar refractivity (Wildman–Crippen MR) is 72.9 cm³/mol. The van der Waals surface area contributed by atoms with Gasteiger partial charge in [0.15, 0.2) is 6.29 Å². The molecule has 0 aliphatic heterocycles. The zero-order valence-electron chi connectivity index (χ0n) is 9.80. The molecule has 0 unspecified atom stereocenters. The molecule has 5 heteroatoms. The third kappa shape index (κ3) is 3.56. The summed E-state index contributed by atoms with van der Waals surface area (Å²) in [6.07, 6.45) is -0.0128. The maximum atomic E-state index is 11.6. The highest BCUT2D eigenvalue weighted by Gasteiger charge is 2.06. The van der Waals surface area contributed by atoms with Crippen LogP contribution in [0.3, 0.4) is 0 Å². The van der Waals surface area contributed by atoms with Gasteiger partial charge < -0.3 is 4.74 Å². The van der Waals surface area contributed by atoms with Crippen LogP contribution >= 0.6 is 11.6 Å². The Morgan fingerprint density at radius 1 is 1.16 bits per heavy atom. The Kier molecular flexibility index (Phi) is 4.15. The number of anilines is 1. The second-order valence-corrected chi connectivity index (χ2v) is 4.09. The monoisotopic (exact) mass is 275 g/mol. The van der Waals surface area contributed by atoms with E-state index in [9.17, 15) is 9.59 Å². The summed E-state index contributed by atoms with van der Waals surface area (Å²) in [5.74, 6) is 0.435. The van der Waals surface area contributed by atoms with Crippen molar-refractivity contribution in [2.75, 3.05) is 5.32 Å². The van der Waals surface area contributed by atoms with Gasteiger partial charge in [-0.05, 0) is 30.3 Å². The van der Waals surface area contributed by atoms with E-state index in [1.807, 2.05) is 6.07 Å². The molecule has 0 aliphatic rings. The fourth-order valence-electron chi connectivity index (χ4n) is 1.45. The normalized spacial score (nSPS) is 9.74. The zero-order valence-corrected chi connectivity index (χ0v) is 10.6. The van der Waals surface area contributed by atoms with Crippen molar-refractivity contribution < 1.29 is 14.3 Å². The standard InChI is InChI=1S/C14H10ClNO3/c15-13-7-6-11(8-10(13)9-17)16-14(18)19-12-4-2-1-3-5-12/h1-9H,(H,16,18). The first-order valence-electron chi connectivity index (χ1n) is 5.47. The second-order valence-electron chi connectivity index (χ2n) is 3.68. The van der Waals surface area contributed by atoms with Gasteiger partial charge in [-0.2, -0.15) is 0 Å². The SMILES string of the molecule is O=Cc1cc(NC(=O)Oc2ccccc2)ccc1Cl. The lowest BCUT2D eigenvalue weighted by atomic mass is 10.2. The van der Waals surface area contributed by atoms with Crippen LogP contribution in [0.2, 0.25) is 5.02 Å². The topological polar surface area (TPSA) is 55.4 Å². The molecular weight excluding hydrogens is 266 g/mol. The molecule has 0 radical (unpaired) electrons. The van der Waals surface area contributed by atoms with Crippen LogP contribution in [-0.2, 0) is 0 Å². The molecule has 2 aromatic carbocycles. The van der Waals surface area contributed by atoms with Crippen molar-refractivity contribution in [1.29, 1.82) is 0 Å². The summed E-state index contributed by atoms with van der Waals surface area (Å²) < 4.78 is 5.05. The molecule has 4 nitrogen and oxygen atoms in total. The molecule has 19 heavy (non-hydrogen) atoms.